The maximum absolute atomic E-state index is 11.9. The lowest BCUT2D eigenvalue weighted by Gasteiger charge is -2.33. The number of nitrogens with two attached hydrogens (primary N) is 1. The van der Waals surface area contributed by atoms with Crippen LogP contribution in [0.5, 0.6) is 0 Å². The smallest absolute Gasteiger partial charge is 0.239 e. The number of amides is 1. The normalized spacial score (nSPS) is 25.2. The predicted octanol–water partition coefficient (Wildman–Crippen LogP) is 1.23. The molecule has 0 aliphatic carbocycles. The van der Waals surface area contributed by atoms with Gasteiger partial charge in [-0.15, -0.1) is 0 Å². The molecular formula is C11H22N2O. The van der Waals surface area contributed by atoms with Crippen molar-refractivity contribution in [3.63, 3.8) is 0 Å². The Morgan fingerprint density at radius 2 is 2.14 bits per heavy atom. The van der Waals surface area contributed by atoms with E-state index >= 15 is 0 Å². The number of carbonyl (C=O) groups excluding carboxylic acids is 1. The lowest BCUT2D eigenvalue weighted by molar-refractivity contribution is -0.135. The summed E-state index contributed by atoms with van der Waals surface area (Å²) in [5, 5.41) is 0. The molecule has 0 aromatic heterocycles. The van der Waals surface area contributed by atoms with E-state index in [1.54, 1.807) is 0 Å². The summed E-state index contributed by atoms with van der Waals surface area (Å²) < 4.78 is 0. The molecule has 1 amide bonds. The number of hydrogen-bond acceptors (Lipinski definition) is 2. The Balaban J connectivity index is 2.51. The molecule has 14 heavy (non-hydrogen) atoms. The van der Waals surface area contributed by atoms with Crippen LogP contribution in [0.3, 0.4) is 0 Å². The molecule has 0 unspecified atom stereocenters. The minimum absolute atomic E-state index is 0.131. The summed E-state index contributed by atoms with van der Waals surface area (Å²) in [6, 6.07) is -0.319. The Morgan fingerprint density at radius 1 is 1.50 bits per heavy atom. The van der Waals surface area contributed by atoms with Crippen LogP contribution in [-0.2, 0) is 4.79 Å². The summed E-state index contributed by atoms with van der Waals surface area (Å²) in [5.74, 6) is 0.998. The molecule has 1 aliphatic rings. The second-order valence-electron chi connectivity index (χ2n) is 4.80. The van der Waals surface area contributed by atoms with Crippen molar-refractivity contribution in [3.05, 3.63) is 0 Å². The van der Waals surface area contributed by atoms with Gasteiger partial charge in [-0.3, -0.25) is 4.79 Å². The largest absolute Gasteiger partial charge is 0.341 e. The van der Waals surface area contributed by atoms with Crippen LogP contribution in [0.4, 0.5) is 0 Å². The van der Waals surface area contributed by atoms with E-state index < -0.39 is 0 Å². The van der Waals surface area contributed by atoms with E-state index in [0.29, 0.717) is 5.92 Å². The van der Waals surface area contributed by atoms with Gasteiger partial charge in [0.05, 0.1) is 6.04 Å². The van der Waals surface area contributed by atoms with Gasteiger partial charge in [-0.2, -0.15) is 0 Å². The molecule has 0 spiro atoms. The lowest BCUT2D eigenvalue weighted by Crippen LogP contribution is -2.49. The molecule has 3 nitrogen and oxygen atoms in total. The van der Waals surface area contributed by atoms with Crippen LogP contribution in [-0.4, -0.2) is 29.9 Å². The number of rotatable bonds is 2. The molecule has 1 rings (SSSR count). The Labute approximate surface area is 86.6 Å². The average molecular weight is 198 g/mol. The zero-order chi connectivity index (χ0) is 10.7. The molecule has 1 heterocycles. The summed E-state index contributed by atoms with van der Waals surface area (Å²) in [6.45, 7) is 7.97. The number of carbonyl (C=O) groups is 1. The molecule has 1 saturated heterocycles. The topological polar surface area (TPSA) is 46.3 Å². The minimum atomic E-state index is -0.319. The predicted molar refractivity (Wildman–Crippen MR) is 57.8 cm³/mol. The number of piperidine rings is 1. The molecular weight excluding hydrogens is 176 g/mol. The third-order valence-corrected chi connectivity index (χ3v) is 2.97. The van der Waals surface area contributed by atoms with Crippen LogP contribution in [0.1, 0.15) is 33.6 Å². The average Bonchev–Trinajstić information content (AvgIpc) is 2.15. The number of nitrogens with zero attached hydrogens (tertiary/aromatic N) is 1. The van der Waals surface area contributed by atoms with Crippen LogP contribution >= 0.6 is 0 Å². The van der Waals surface area contributed by atoms with Crippen molar-refractivity contribution in [2.45, 2.75) is 39.7 Å². The number of likely N-dealkylation sites (tertiary alicyclic amines) is 1. The Hall–Kier alpha value is -0.570. The van der Waals surface area contributed by atoms with Crippen LogP contribution < -0.4 is 5.73 Å². The summed E-state index contributed by atoms with van der Waals surface area (Å²) in [4.78, 5) is 13.8. The zero-order valence-electron chi connectivity index (χ0n) is 9.49. The molecule has 0 aromatic rings. The van der Waals surface area contributed by atoms with Crippen molar-refractivity contribution < 1.29 is 4.79 Å². The molecule has 0 radical (unpaired) electrons. The first-order valence-electron chi connectivity index (χ1n) is 5.56. The maximum atomic E-state index is 11.9. The lowest BCUT2D eigenvalue weighted by atomic mass is 9.97. The van der Waals surface area contributed by atoms with E-state index in [2.05, 4.69) is 6.92 Å². The van der Waals surface area contributed by atoms with Crippen molar-refractivity contribution in [1.29, 1.82) is 0 Å². The molecule has 1 aliphatic heterocycles. The second kappa shape index (κ2) is 4.78. The fourth-order valence-electron chi connectivity index (χ4n) is 1.89. The van der Waals surface area contributed by atoms with Crippen LogP contribution in [0.2, 0.25) is 0 Å². The van der Waals surface area contributed by atoms with Crippen LogP contribution in [0.15, 0.2) is 0 Å². The van der Waals surface area contributed by atoms with E-state index in [1.165, 1.54) is 6.42 Å². The minimum Gasteiger partial charge on any atom is -0.341 e. The van der Waals surface area contributed by atoms with Gasteiger partial charge < -0.3 is 10.6 Å². The van der Waals surface area contributed by atoms with Crippen molar-refractivity contribution in [1.82, 2.24) is 4.90 Å². The Bertz CT molecular complexity index is 203. The SMILES string of the molecule is CC(C)[C@H](N)C(=O)N1CCC[C@H](C)C1. The third-order valence-electron chi connectivity index (χ3n) is 2.97. The van der Waals surface area contributed by atoms with Crippen molar-refractivity contribution in [2.75, 3.05) is 13.1 Å². The summed E-state index contributed by atoms with van der Waals surface area (Å²) in [6.07, 6.45) is 2.36. The van der Waals surface area contributed by atoms with Crippen molar-refractivity contribution in [3.8, 4) is 0 Å². The quantitative estimate of drug-likeness (QED) is 0.725. The zero-order valence-corrected chi connectivity index (χ0v) is 9.49. The Morgan fingerprint density at radius 3 is 2.64 bits per heavy atom. The summed E-state index contributed by atoms with van der Waals surface area (Å²) >= 11 is 0. The van der Waals surface area contributed by atoms with E-state index in [1.807, 2.05) is 18.7 Å². The van der Waals surface area contributed by atoms with E-state index in [9.17, 15) is 4.79 Å². The molecule has 2 atom stereocenters. The first kappa shape index (κ1) is 11.5. The van der Waals surface area contributed by atoms with E-state index in [4.69, 9.17) is 5.73 Å². The standard InChI is InChI=1S/C11H22N2O/c1-8(2)10(12)11(14)13-6-4-5-9(3)7-13/h8-10H,4-7,12H2,1-3H3/t9-,10-/m0/s1. The van der Waals surface area contributed by atoms with Gasteiger partial charge in [-0.05, 0) is 24.7 Å². The van der Waals surface area contributed by atoms with Gasteiger partial charge >= 0.3 is 0 Å². The highest BCUT2D eigenvalue weighted by Crippen LogP contribution is 2.17. The molecule has 3 heteroatoms. The van der Waals surface area contributed by atoms with Gasteiger partial charge in [0.25, 0.3) is 0 Å². The highest BCUT2D eigenvalue weighted by Gasteiger charge is 2.26. The van der Waals surface area contributed by atoms with Gasteiger partial charge in [0, 0.05) is 13.1 Å². The maximum Gasteiger partial charge on any atom is 0.239 e. The van der Waals surface area contributed by atoms with Gasteiger partial charge in [0.15, 0.2) is 0 Å². The fraction of sp³-hybridized carbons (Fsp3) is 0.909. The molecule has 82 valence electrons. The molecule has 0 bridgehead atoms. The first-order chi connectivity index (χ1) is 6.52. The highest BCUT2D eigenvalue weighted by molar-refractivity contribution is 5.82. The van der Waals surface area contributed by atoms with Gasteiger partial charge in [-0.1, -0.05) is 20.8 Å². The Kier molecular flexibility index (Phi) is 3.93. The molecule has 2 N–H and O–H groups in total. The van der Waals surface area contributed by atoms with E-state index in [-0.39, 0.29) is 17.9 Å². The van der Waals surface area contributed by atoms with Crippen LogP contribution in [0, 0.1) is 11.8 Å². The second-order valence-corrected chi connectivity index (χ2v) is 4.80. The molecule has 0 aromatic carbocycles. The van der Waals surface area contributed by atoms with Crippen molar-refractivity contribution in [2.24, 2.45) is 17.6 Å². The molecule has 0 saturated carbocycles. The van der Waals surface area contributed by atoms with Gasteiger partial charge in [0.2, 0.25) is 5.91 Å². The summed E-state index contributed by atoms with van der Waals surface area (Å²) in [7, 11) is 0. The molecule has 1 fully saturated rings. The van der Waals surface area contributed by atoms with E-state index in [0.717, 1.165) is 19.5 Å². The third kappa shape index (κ3) is 2.71. The van der Waals surface area contributed by atoms with Crippen LogP contribution in [0.25, 0.3) is 0 Å². The van der Waals surface area contributed by atoms with Gasteiger partial charge in [-0.25, -0.2) is 0 Å². The number of hydrogen-bond donors (Lipinski definition) is 1. The summed E-state index contributed by atoms with van der Waals surface area (Å²) in [5.41, 5.74) is 5.85. The van der Waals surface area contributed by atoms with Crippen molar-refractivity contribution >= 4 is 5.91 Å². The van der Waals surface area contributed by atoms with Gasteiger partial charge in [0.1, 0.15) is 0 Å². The monoisotopic (exact) mass is 198 g/mol. The highest BCUT2D eigenvalue weighted by atomic mass is 16.2. The first-order valence-corrected chi connectivity index (χ1v) is 5.56. The fourth-order valence-corrected chi connectivity index (χ4v) is 1.89.